The molecule has 3 aromatic rings. The van der Waals surface area contributed by atoms with Gasteiger partial charge in [-0.25, -0.2) is 4.98 Å². The number of carbonyl (C=O) groups excluding carboxylic acids is 1. The molecule has 0 unspecified atom stereocenters. The maximum atomic E-state index is 12.9. The van der Waals surface area contributed by atoms with Gasteiger partial charge in [0.15, 0.2) is 0 Å². The van der Waals surface area contributed by atoms with Gasteiger partial charge < -0.3 is 14.6 Å². The average molecular weight is 335 g/mol. The summed E-state index contributed by atoms with van der Waals surface area (Å²) >= 11 is 0. The summed E-state index contributed by atoms with van der Waals surface area (Å²) in [4.78, 5) is 22.9. The third kappa shape index (κ3) is 3.09. The molecule has 0 bridgehead atoms. The van der Waals surface area contributed by atoms with Crippen LogP contribution < -0.4 is 4.74 Å². The Bertz CT molecular complexity index is 870. The van der Waals surface area contributed by atoms with Gasteiger partial charge in [0.2, 0.25) is 5.91 Å². The number of hydrogen-bond acceptors (Lipinski definition) is 3. The van der Waals surface area contributed by atoms with Gasteiger partial charge in [0.05, 0.1) is 30.6 Å². The van der Waals surface area contributed by atoms with Crippen molar-refractivity contribution in [2.75, 3.05) is 13.7 Å². The van der Waals surface area contributed by atoms with Crippen LogP contribution in [0.15, 0.2) is 48.5 Å². The molecule has 4 rings (SSSR count). The number of ether oxygens (including phenoxy) is 1. The Morgan fingerprint density at radius 1 is 1.28 bits per heavy atom. The van der Waals surface area contributed by atoms with Crippen LogP contribution in [0.2, 0.25) is 0 Å². The van der Waals surface area contributed by atoms with Crippen LogP contribution in [-0.2, 0) is 11.2 Å². The number of hydrogen-bond donors (Lipinski definition) is 1. The summed E-state index contributed by atoms with van der Waals surface area (Å²) in [6.45, 7) is 0.782. The maximum Gasteiger partial charge on any atom is 0.227 e. The number of rotatable bonds is 4. The molecule has 25 heavy (non-hydrogen) atoms. The molecular weight excluding hydrogens is 314 g/mol. The Kier molecular flexibility index (Phi) is 4.14. The standard InChI is InChI=1S/C20H21N3O2/c1-25-15-7-4-6-14(12-15)13-19(24)23-11-5-10-18(23)20-21-16-8-2-3-9-17(16)22-20/h2-4,6-9,12,18H,5,10-11,13H2,1H3,(H,21,22)/t18-/m0/s1. The van der Waals surface area contributed by atoms with Crippen molar-refractivity contribution in [1.29, 1.82) is 0 Å². The van der Waals surface area contributed by atoms with E-state index in [1.165, 1.54) is 0 Å². The highest BCUT2D eigenvalue weighted by Crippen LogP contribution is 2.32. The van der Waals surface area contributed by atoms with E-state index in [-0.39, 0.29) is 11.9 Å². The van der Waals surface area contributed by atoms with Gasteiger partial charge in [-0.2, -0.15) is 0 Å². The Hall–Kier alpha value is -2.82. The number of likely N-dealkylation sites (tertiary alicyclic amines) is 1. The fraction of sp³-hybridized carbons (Fsp3) is 0.300. The minimum absolute atomic E-state index is 0.0329. The zero-order valence-electron chi connectivity index (χ0n) is 14.2. The molecule has 1 aliphatic rings. The number of fused-ring (bicyclic) bond motifs is 1. The average Bonchev–Trinajstić information content (AvgIpc) is 3.28. The van der Waals surface area contributed by atoms with Crippen molar-refractivity contribution in [3.8, 4) is 5.75 Å². The van der Waals surface area contributed by atoms with Crippen molar-refractivity contribution < 1.29 is 9.53 Å². The smallest absolute Gasteiger partial charge is 0.227 e. The molecule has 0 saturated carbocycles. The number of para-hydroxylation sites is 2. The number of aromatic nitrogens is 2. The second-order valence-electron chi connectivity index (χ2n) is 6.41. The van der Waals surface area contributed by atoms with E-state index in [0.717, 1.165) is 47.6 Å². The summed E-state index contributed by atoms with van der Waals surface area (Å²) in [6, 6.07) is 15.7. The van der Waals surface area contributed by atoms with Gasteiger partial charge in [0.25, 0.3) is 0 Å². The van der Waals surface area contributed by atoms with E-state index in [4.69, 9.17) is 9.72 Å². The fourth-order valence-electron chi connectivity index (χ4n) is 3.54. The first-order valence-electron chi connectivity index (χ1n) is 8.61. The molecule has 2 aromatic carbocycles. The fourth-order valence-corrected chi connectivity index (χ4v) is 3.54. The summed E-state index contributed by atoms with van der Waals surface area (Å²) in [5, 5.41) is 0. The summed E-state index contributed by atoms with van der Waals surface area (Å²) in [5.41, 5.74) is 2.94. The molecule has 5 nitrogen and oxygen atoms in total. The molecule has 2 heterocycles. The van der Waals surface area contributed by atoms with Crippen molar-refractivity contribution >= 4 is 16.9 Å². The van der Waals surface area contributed by atoms with Crippen molar-refractivity contribution in [2.24, 2.45) is 0 Å². The number of methoxy groups -OCH3 is 1. The van der Waals surface area contributed by atoms with Crippen LogP contribution in [0.5, 0.6) is 5.75 Å². The molecule has 5 heteroatoms. The van der Waals surface area contributed by atoms with Crippen LogP contribution in [0.1, 0.15) is 30.3 Å². The third-order valence-electron chi connectivity index (χ3n) is 4.79. The summed E-state index contributed by atoms with van der Waals surface area (Å²) in [5.74, 6) is 1.80. The Balaban J connectivity index is 1.55. The number of amides is 1. The van der Waals surface area contributed by atoms with Gasteiger partial charge in [0.1, 0.15) is 11.6 Å². The lowest BCUT2D eigenvalue weighted by Crippen LogP contribution is -2.32. The molecule has 1 fully saturated rings. The Morgan fingerprint density at radius 2 is 2.16 bits per heavy atom. The summed E-state index contributed by atoms with van der Waals surface area (Å²) in [6.07, 6.45) is 2.34. The van der Waals surface area contributed by atoms with E-state index in [9.17, 15) is 4.79 Å². The van der Waals surface area contributed by atoms with E-state index < -0.39 is 0 Å². The minimum Gasteiger partial charge on any atom is -0.497 e. The quantitative estimate of drug-likeness (QED) is 0.794. The first kappa shape index (κ1) is 15.7. The molecule has 0 radical (unpaired) electrons. The lowest BCUT2D eigenvalue weighted by Gasteiger charge is -2.23. The third-order valence-corrected chi connectivity index (χ3v) is 4.79. The number of carbonyl (C=O) groups is 1. The van der Waals surface area contributed by atoms with Crippen molar-refractivity contribution in [3.63, 3.8) is 0 Å². The van der Waals surface area contributed by atoms with Crippen LogP contribution in [0, 0.1) is 0 Å². The Morgan fingerprint density at radius 3 is 3.00 bits per heavy atom. The monoisotopic (exact) mass is 335 g/mol. The van der Waals surface area contributed by atoms with E-state index in [1.54, 1.807) is 7.11 Å². The zero-order valence-corrected chi connectivity index (χ0v) is 14.2. The van der Waals surface area contributed by atoms with E-state index in [2.05, 4.69) is 4.98 Å². The molecule has 0 aliphatic carbocycles. The van der Waals surface area contributed by atoms with E-state index in [1.807, 2.05) is 53.4 Å². The predicted octanol–water partition coefficient (Wildman–Crippen LogP) is 3.48. The molecule has 1 aliphatic heterocycles. The van der Waals surface area contributed by atoms with Crippen molar-refractivity contribution in [3.05, 3.63) is 59.9 Å². The number of aromatic amines is 1. The number of H-pyrrole nitrogens is 1. The largest absolute Gasteiger partial charge is 0.497 e. The number of nitrogens with one attached hydrogen (secondary N) is 1. The number of nitrogens with zero attached hydrogens (tertiary/aromatic N) is 2. The highest BCUT2D eigenvalue weighted by atomic mass is 16.5. The van der Waals surface area contributed by atoms with Gasteiger partial charge in [-0.05, 0) is 42.7 Å². The van der Waals surface area contributed by atoms with E-state index >= 15 is 0 Å². The molecule has 1 N–H and O–H groups in total. The minimum atomic E-state index is 0.0329. The van der Waals surface area contributed by atoms with Gasteiger partial charge in [-0.15, -0.1) is 0 Å². The molecule has 0 spiro atoms. The molecule has 1 aromatic heterocycles. The molecule has 1 saturated heterocycles. The SMILES string of the molecule is COc1cccc(CC(=O)N2CCC[C@H]2c2nc3ccccc3[nH]2)c1. The lowest BCUT2D eigenvalue weighted by atomic mass is 10.1. The van der Waals surface area contributed by atoms with Crippen LogP contribution in [0.4, 0.5) is 0 Å². The van der Waals surface area contributed by atoms with Crippen molar-refractivity contribution in [1.82, 2.24) is 14.9 Å². The second kappa shape index (κ2) is 6.59. The van der Waals surface area contributed by atoms with Crippen LogP contribution in [0.25, 0.3) is 11.0 Å². The van der Waals surface area contributed by atoms with Gasteiger partial charge in [-0.1, -0.05) is 24.3 Å². The normalized spacial score (nSPS) is 17.2. The van der Waals surface area contributed by atoms with Crippen LogP contribution >= 0.6 is 0 Å². The number of benzene rings is 2. The van der Waals surface area contributed by atoms with Gasteiger partial charge in [0, 0.05) is 6.54 Å². The summed E-state index contributed by atoms with van der Waals surface area (Å²) in [7, 11) is 1.64. The summed E-state index contributed by atoms with van der Waals surface area (Å²) < 4.78 is 5.25. The van der Waals surface area contributed by atoms with E-state index in [0.29, 0.717) is 6.42 Å². The number of imidazole rings is 1. The van der Waals surface area contributed by atoms with Crippen LogP contribution in [-0.4, -0.2) is 34.4 Å². The first-order chi connectivity index (χ1) is 12.2. The molecule has 1 atom stereocenters. The van der Waals surface area contributed by atoms with Crippen molar-refractivity contribution in [2.45, 2.75) is 25.3 Å². The molecule has 128 valence electrons. The second-order valence-corrected chi connectivity index (χ2v) is 6.41. The van der Waals surface area contributed by atoms with Gasteiger partial charge in [-0.3, -0.25) is 4.79 Å². The van der Waals surface area contributed by atoms with Crippen LogP contribution in [0.3, 0.4) is 0 Å². The highest BCUT2D eigenvalue weighted by molar-refractivity contribution is 5.80. The molecule has 1 amide bonds. The first-order valence-corrected chi connectivity index (χ1v) is 8.61. The zero-order chi connectivity index (χ0) is 17.2. The molecular formula is C20H21N3O2. The Labute approximate surface area is 146 Å². The lowest BCUT2D eigenvalue weighted by molar-refractivity contribution is -0.131. The topological polar surface area (TPSA) is 58.2 Å². The highest BCUT2D eigenvalue weighted by Gasteiger charge is 2.31. The predicted molar refractivity (Wildman–Crippen MR) is 96.5 cm³/mol. The maximum absolute atomic E-state index is 12.9. The van der Waals surface area contributed by atoms with Gasteiger partial charge >= 0.3 is 0 Å².